The van der Waals surface area contributed by atoms with E-state index in [0.29, 0.717) is 12.2 Å². The third kappa shape index (κ3) is 2.80. The van der Waals surface area contributed by atoms with Gasteiger partial charge in [0.2, 0.25) is 11.0 Å². The van der Waals surface area contributed by atoms with Gasteiger partial charge in [0.25, 0.3) is 0 Å². The van der Waals surface area contributed by atoms with E-state index in [1.807, 2.05) is 48.7 Å². The quantitative estimate of drug-likeness (QED) is 0.485. The Morgan fingerprint density at radius 2 is 2.14 bits per heavy atom. The van der Waals surface area contributed by atoms with Crippen LogP contribution in [0, 0.1) is 0 Å². The van der Waals surface area contributed by atoms with Gasteiger partial charge in [-0.05, 0) is 45.8 Å². The average molecular weight is 455 g/mol. The minimum atomic E-state index is -0.0749. The van der Waals surface area contributed by atoms with Crippen LogP contribution in [0.2, 0.25) is 0 Å². The first-order chi connectivity index (χ1) is 13.6. The van der Waals surface area contributed by atoms with Crippen LogP contribution in [0.15, 0.2) is 53.1 Å². The highest BCUT2D eigenvalue weighted by Crippen LogP contribution is 2.40. The van der Waals surface area contributed by atoms with Crippen LogP contribution in [-0.4, -0.2) is 27.8 Å². The highest BCUT2D eigenvalue weighted by Gasteiger charge is 2.31. The number of halogens is 1. The van der Waals surface area contributed by atoms with Gasteiger partial charge in [-0.15, -0.1) is 0 Å². The average Bonchev–Trinajstić information content (AvgIpc) is 3.30. The summed E-state index contributed by atoms with van der Waals surface area (Å²) in [4.78, 5) is 17.1. The Kier molecular flexibility index (Phi) is 4.17. The van der Waals surface area contributed by atoms with E-state index in [1.165, 1.54) is 0 Å². The molecule has 6 nitrogen and oxygen atoms in total. The third-order valence-electron chi connectivity index (χ3n) is 4.86. The molecule has 0 bridgehead atoms. The van der Waals surface area contributed by atoms with E-state index in [9.17, 15) is 4.79 Å². The van der Waals surface area contributed by atoms with Crippen LogP contribution >= 0.6 is 27.3 Å². The molecule has 1 atom stereocenters. The second-order valence-corrected chi connectivity index (χ2v) is 8.39. The maximum atomic E-state index is 12.5. The van der Waals surface area contributed by atoms with Gasteiger partial charge < -0.3 is 10.1 Å². The van der Waals surface area contributed by atoms with Gasteiger partial charge in [-0.25, -0.2) is 4.98 Å². The number of carbonyl (C=O) groups is 1. The molecule has 2 aromatic carbocycles. The van der Waals surface area contributed by atoms with Crippen molar-refractivity contribution >= 4 is 49.2 Å². The van der Waals surface area contributed by atoms with Crippen molar-refractivity contribution in [2.24, 2.45) is 0 Å². The molecule has 1 aliphatic rings. The lowest BCUT2D eigenvalue weighted by molar-refractivity contribution is -0.116. The topological polar surface area (TPSA) is 69.0 Å². The summed E-state index contributed by atoms with van der Waals surface area (Å²) in [6, 6.07) is 13.9. The fraction of sp³-hybridized carbons (Fsp3) is 0.150. The summed E-state index contributed by atoms with van der Waals surface area (Å²) in [5.41, 5.74) is 2.94. The maximum Gasteiger partial charge on any atom is 0.226 e. The number of aromatic nitrogens is 3. The zero-order chi connectivity index (χ0) is 19.3. The summed E-state index contributed by atoms with van der Waals surface area (Å²) in [6.45, 7) is 0. The first-order valence-electron chi connectivity index (χ1n) is 8.71. The molecule has 1 amide bonds. The molecule has 0 spiro atoms. The van der Waals surface area contributed by atoms with Gasteiger partial charge >= 0.3 is 0 Å². The molecule has 3 heterocycles. The second-order valence-electron chi connectivity index (χ2n) is 6.52. The van der Waals surface area contributed by atoms with Crippen LogP contribution in [0.1, 0.15) is 23.5 Å². The molecule has 1 unspecified atom stereocenters. The van der Waals surface area contributed by atoms with E-state index < -0.39 is 0 Å². The summed E-state index contributed by atoms with van der Waals surface area (Å²) in [6.07, 6.45) is 2.20. The van der Waals surface area contributed by atoms with E-state index in [0.717, 1.165) is 36.7 Å². The van der Waals surface area contributed by atoms with Crippen molar-refractivity contribution in [2.45, 2.75) is 12.3 Å². The van der Waals surface area contributed by atoms with Gasteiger partial charge in [0.05, 0.1) is 28.0 Å². The highest BCUT2D eigenvalue weighted by molar-refractivity contribution is 9.10. The number of nitrogens with zero attached hydrogens (tertiary/aromatic N) is 3. The lowest BCUT2D eigenvalue weighted by atomic mass is 9.87. The Bertz CT molecular complexity index is 1180. The number of benzene rings is 2. The number of hydrogen-bond acceptors (Lipinski definition) is 5. The number of carbonyl (C=O) groups excluding carboxylic acids is 1. The summed E-state index contributed by atoms with van der Waals surface area (Å²) in [5, 5.41) is 8.26. The number of fused-ring (bicyclic) bond motifs is 2. The molecule has 4 aromatic rings. The Balaban J connectivity index is 1.60. The summed E-state index contributed by atoms with van der Waals surface area (Å²) < 4.78 is 8.99. The van der Waals surface area contributed by atoms with Crippen molar-refractivity contribution in [3.8, 4) is 10.9 Å². The summed E-state index contributed by atoms with van der Waals surface area (Å²) in [5.74, 6) is 1.34. The van der Waals surface area contributed by atoms with Crippen molar-refractivity contribution in [3.63, 3.8) is 0 Å². The number of nitrogens with one attached hydrogen (secondary N) is 1. The van der Waals surface area contributed by atoms with Gasteiger partial charge in [0.15, 0.2) is 0 Å². The molecule has 0 fully saturated rings. The van der Waals surface area contributed by atoms with Crippen LogP contribution in [0.25, 0.3) is 15.3 Å². The number of ether oxygens (including phenoxy) is 1. The van der Waals surface area contributed by atoms with Crippen LogP contribution in [0.4, 0.5) is 5.82 Å². The smallest absolute Gasteiger partial charge is 0.226 e. The predicted octanol–water partition coefficient (Wildman–Crippen LogP) is 4.73. The van der Waals surface area contributed by atoms with Crippen molar-refractivity contribution < 1.29 is 9.53 Å². The van der Waals surface area contributed by atoms with E-state index in [2.05, 4.69) is 31.3 Å². The molecule has 28 heavy (non-hydrogen) atoms. The van der Waals surface area contributed by atoms with E-state index in [1.54, 1.807) is 23.1 Å². The first kappa shape index (κ1) is 17.4. The second kappa shape index (κ2) is 6.72. The number of amides is 1. The maximum absolute atomic E-state index is 12.5. The van der Waals surface area contributed by atoms with E-state index in [-0.39, 0.29) is 11.8 Å². The van der Waals surface area contributed by atoms with Crippen LogP contribution in [-0.2, 0) is 4.79 Å². The lowest BCUT2D eigenvalue weighted by Crippen LogP contribution is -2.24. The zero-order valence-corrected chi connectivity index (χ0v) is 17.3. The first-order valence-corrected chi connectivity index (χ1v) is 10.3. The normalized spacial score (nSPS) is 16.1. The Morgan fingerprint density at radius 1 is 1.29 bits per heavy atom. The van der Waals surface area contributed by atoms with Crippen LogP contribution in [0.3, 0.4) is 0 Å². The third-order valence-corrected chi connectivity index (χ3v) is 6.49. The minimum Gasteiger partial charge on any atom is -0.496 e. The Morgan fingerprint density at radius 3 is 2.93 bits per heavy atom. The van der Waals surface area contributed by atoms with Crippen molar-refractivity contribution in [2.75, 3.05) is 12.4 Å². The molecule has 5 rings (SSSR count). The summed E-state index contributed by atoms with van der Waals surface area (Å²) >= 11 is 5.08. The molecular formula is C20H15BrN4O2S. The summed E-state index contributed by atoms with van der Waals surface area (Å²) in [7, 11) is 1.63. The van der Waals surface area contributed by atoms with Gasteiger partial charge in [0, 0.05) is 17.9 Å². The van der Waals surface area contributed by atoms with E-state index >= 15 is 0 Å². The molecule has 1 aliphatic heterocycles. The molecule has 1 N–H and O–H groups in total. The number of methoxy groups -OCH3 is 1. The van der Waals surface area contributed by atoms with E-state index in [4.69, 9.17) is 4.74 Å². The SMILES string of the molecule is COc1ccc(C2CC(=O)Nc3c2cnn3-c2nc3ccccc3s2)cc1Br. The number of hydrogen-bond donors (Lipinski definition) is 1. The molecule has 2 aromatic heterocycles. The minimum absolute atomic E-state index is 0.0349. The molecule has 8 heteroatoms. The van der Waals surface area contributed by atoms with Crippen LogP contribution < -0.4 is 10.1 Å². The molecule has 0 saturated heterocycles. The molecule has 0 saturated carbocycles. The van der Waals surface area contributed by atoms with Crippen molar-refractivity contribution in [3.05, 3.63) is 64.3 Å². The fourth-order valence-electron chi connectivity index (χ4n) is 3.51. The standard InChI is InChI=1S/C20H15BrN4O2S/c1-27-16-7-6-11(8-14(16)21)12-9-18(26)24-19-13(12)10-22-25(19)20-23-15-4-2-3-5-17(15)28-20/h2-8,10,12H,9H2,1H3,(H,24,26). The van der Waals surface area contributed by atoms with Gasteiger partial charge in [-0.2, -0.15) is 9.78 Å². The lowest BCUT2D eigenvalue weighted by Gasteiger charge is -2.23. The number of thiazole rings is 1. The number of para-hydroxylation sites is 1. The number of rotatable bonds is 3. The fourth-order valence-corrected chi connectivity index (χ4v) is 5.00. The monoisotopic (exact) mass is 454 g/mol. The van der Waals surface area contributed by atoms with Gasteiger partial charge in [-0.1, -0.05) is 29.5 Å². The predicted molar refractivity (Wildman–Crippen MR) is 113 cm³/mol. The Hall–Kier alpha value is -2.71. The number of anilines is 1. The zero-order valence-electron chi connectivity index (χ0n) is 14.8. The molecule has 140 valence electrons. The van der Waals surface area contributed by atoms with Crippen LogP contribution in [0.5, 0.6) is 5.75 Å². The van der Waals surface area contributed by atoms with Gasteiger partial charge in [0.1, 0.15) is 11.6 Å². The van der Waals surface area contributed by atoms with Crippen molar-refractivity contribution in [1.82, 2.24) is 14.8 Å². The van der Waals surface area contributed by atoms with Gasteiger partial charge in [-0.3, -0.25) is 4.79 Å². The molecule has 0 radical (unpaired) electrons. The highest BCUT2D eigenvalue weighted by atomic mass is 79.9. The van der Waals surface area contributed by atoms with Crippen molar-refractivity contribution in [1.29, 1.82) is 0 Å². The molecular weight excluding hydrogens is 440 g/mol. The largest absolute Gasteiger partial charge is 0.496 e. The Labute approximate surface area is 173 Å². The molecule has 0 aliphatic carbocycles.